The molecule has 4 heteroatoms. The molecule has 1 fully saturated rings. The first-order chi connectivity index (χ1) is 4.88. The fourth-order valence-corrected chi connectivity index (χ4v) is 1.18. The summed E-state index contributed by atoms with van der Waals surface area (Å²) in [7, 11) is 1.61. The number of methoxy groups -OCH3 is 1. The Bertz CT molecular complexity index is 118. The van der Waals surface area contributed by atoms with Crippen LogP contribution in [0.15, 0.2) is 5.18 Å². The largest absolute Gasteiger partial charge is 0.378 e. The van der Waals surface area contributed by atoms with Gasteiger partial charge >= 0.3 is 0 Å². The number of nitroso groups, excluding NO2 is 1. The molecule has 1 rings (SSSR count). The summed E-state index contributed by atoms with van der Waals surface area (Å²) >= 11 is 0. The summed E-state index contributed by atoms with van der Waals surface area (Å²) in [6.07, 6.45) is 0.772. The smallest absolute Gasteiger partial charge is 0.120 e. The van der Waals surface area contributed by atoms with Crippen LogP contribution >= 0.6 is 0 Å². The normalized spacial score (nSPS) is 33.7. The second-order valence-electron chi connectivity index (χ2n) is 2.44. The zero-order chi connectivity index (χ0) is 7.40. The van der Waals surface area contributed by atoms with Crippen LogP contribution in [0.1, 0.15) is 6.42 Å². The summed E-state index contributed by atoms with van der Waals surface area (Å²) < 4.78 is 5.04. The van der Waals surface area contributed by atoms with E-state index in [0.29, 0.717) is 0 Å². The average molecular weight is 144 g/mol. The fraction of sp³-hybridized carbons (Fsp3) is 1.00. The number of piperidine rings is 1. The van der Waals surface area contributed by atoms with Gasteiger partial charge in [0.15, 0.2) is 0 Å². The van der Waals surface area contributed by atoms with Crippen LogP contribution in [0.5, 0.6) is 0 Å². The van der Waals surface area contributed by atoms with Crippen molar-refractivity contribution in [3.8, 4) is 0 Å². The summed E-state index contributed by atoms with van der Waals surface area (Å²) in [6.45, 7) is 1.61. The Morgan fingerprint density at radius 1 is 1.70 bits per heavy atom. The van der Waals surface area contributed by atoms with Crippen molar-refractivity contribution in [2.24, 2.45) is 5.18 Å². The molecule has 0 saturated carbocycles. The number of nitrogens with zero attached hydrogens (tertiary/aromatic N) is 1. The molecule has 2 atom stereocenters. The zero-order valence-corrected chi connectivity index (χ0v) is 6.04. The maximum absolute atomic E-state index is 10.2. The molecule has 4 nitrogen and oxygen atoms in total. The van der Waals surface area contributed by atoms with Crippen LogP contribution in [0.25, 0.3) is 0 Å². The number of hydrogen-bond donors (Lipinski definition) is 1. The van der Waals surface area contributed by atoms with E-state index in [0.717, 1.165) is 19.5 Å². The van der Waals surface area contributed by atoms with E-state index in [1.807, 2.05) is 0 Å². The van der Waals surface area contributed by atoms with Crippen molar-refractivity contribution in [3.05, 3.63) is 4.91 Å². The zero-order valence-electron chi connectivity index (χ0n) is 6.04. The second kappa shape index (κ2) is 3.63. The molecule has 0 radical (unpaired) electrons. The Balaban J connectivity index is 2.41. The summed E-state index contributed by atoms with van der Waals surface area (Å²) in [5.41, 5.74) is 0. The van der Waals surface area contributed by atoms with Gasteiger partial charge in [-0.1, -0.05) is 5.18 Å². The first-order valence-corrected chi connectivity index (χ1v) is 3.44. The van der Waals surface area contributed by atoms with Gasteiger partial charge in [0.2, 0.25) is 0 Å². The Kier molecular flexibility index (Phi) is 2.77. The van der Waals surface area contributed by atoms with Crippen molar-refractivity contribution in [1.82, 2.24) is 5.32 Å². The third kappa shape index (κ3) is 1.52. The van der Waals surface area contributed by atoms with Crippen LogP contribution in [0.2, 0.25) is 0 Å². The molecule has 2 unspecified atom stereocenters. The van der Waals surface area contributed by atoms with Crippen molar-refractivity contribution in [2.45, 2.75) is 18.6 Å². The van der Waals surface area contributed by atoms with Gasteiger partial charge in [0.25, 0.3) is 0 Å². The minimum atomic E-state index is -0.147. The topological polar surface area (TPSA) is 50.7 Å². The third-order valence-corrected chi connectivity index (χ3v) is 1.83. The lowest BCUT2D eigenvalue weighted by Crippen LogP contribution is -2.43. The molecule has 0 spiro atoms. The summed E-state index contributed by atoms with van der Waals surface area (Å²) in [4.78, 5) is 10.2. The summed E-state index contributed by atoms with van der Waals surface area (Å²) in [5.74, 6) is 0. The summed E-state index contributed by atoms with van der Waals surface area (Å²) in [5, 5.41) is 6.11. The van der Waals surface area contributed by atoms with Gasteiger partial charge in [0, 0.05) is 13.7 Å². The highest BCUT2D eigenvalue weighted by Crippen LogP contribution is 2.09. The van der Waals surface area contributed by atoms with E-state index in [9.17, 15) is 4.91 Å². The van der Waals surface area contributed by atoms with Crippen molar-refractivity contribution < 1.29 is 4.74 Å². The molecule has 1 saturated heterocycles. The van der Waals surface area contributed by atoms with E-state index in [2.05, 4.69) is 10.5 Å². The SMILES string of the molecule is COC1CNCCC1N=O. The molecule has 1 aliphatic rings. The first kappa shape index (κ1) is 7.63. The van der Waals surface area contributed by atoms with Gasteiger partial charge in [-0.05, 0) is 13.0 Å². The molecule has 0 aromatic rings. The molecule has 1 aliphatic heterocycles. The maximum Gasteiger partial charge on any atom is 0.120 e. The predicted molar refractivity (Wildman–Crippen MR) is 37.9 cm³/mol. The minimum Gasteiger partial charge on any atom is -0.378 e. The van der Waals surface area contributed by atoms with Crippen LogP contribution in [-0.4, -0.2) is 32.3 Å². The number of ether oxygens (including phenoxy) is 1. The van der Waals surface area contributed by atoms with E-state index in [1.165, 1.54) is 0 Å². The van der Waals surface area contributed by atoms with E-state index in [-0.39, 0.29) is 12.1 Å². The van der Waals surface area contributed by atoms with Crippen molar-refractivity contribution in [1.29, 1.82) is 0 Å². The monoisotopic (exact) mass is 144 g/mol. The third-order valence-electron chi connectivity index (χ3n) is 1.83. The Morgan fingerprint density at radius 3 is 3.00 bits per heavy atom. The highest BCUT2D eigenvalue weighted by Gasteiger charge is 2.24. The average Bonchev–Trinajstić information content (AvgIpc) is 2.04. The van der Waals surface area contributed by atoms with Crippen LogP contribution in [0.4, 0.5) is 0 Å². The molecule has 58 valence electrons. The van der Waals surface area contributed by atoms with Crippen LogP contribution in [0.3, 0.4) is 0 Å². The minimum absolute atomic E-state index is 0.0220. The van der Waals surface area contributed by atoms with Crippen molar-refractivity contribution >= 4 is 0 Å². The van der Waals surface area contributed by atoms with Gasteiger partial charge in [0.05, 0.1) is 6.10 Å². The number of hydrogen-bond acceptors (Lipinski definition) is 4. The highest BCUT2D eigenvalue weighted by atomic mass is 16.5. The van der Waals surface area contributed by atoms with E-state index < -0.39 is 0 Å². The molecule has 0 amide bonds. The number of nitrogens with one attached hydrogen (secondary N) is 1. The lowest BCUT2D eigenvalue weighted by molar-refractivity contribution is 0.0649. The van der Waals surface area contributed by atoms with E-state index >= 15 is 0 Å². The first-order valence-electron chi connectivity index (χ1n) is 3.44. The van der Waals surface area contributed by atoms with Gasteiger partial charge in [-0.25, -0.2) is 0 Å². The van der Waals surface area contributed by atoms with E-state index in [4.69, 9.17) is 4.74 Å². The Labute approximate surface area is 59.9 Å². The number of rotatable bonds is 2. The lowest BCUT2D eigenvalue weighted by Gasteiger charge is -2.25. The predicted octanol–water partition coefficient (Wildman–Crippen LogP) is 0.130. The summed E-state index contributed by atoms with van der Waals surface area (Å²) in [6, 6.07) is -0.147. The Morgan fingerprint density at radius 2 is 2.50 bits per heavy atom. The molecule has 0 aromatic heterocycles. The molecular weight excluding hydrogens is 132 g/mol. The molecule has 0 aromatic carbocycles. The maximum atomic E-state index is 10.2. The van der Waals surface area contributed by atoms with Crippen molar-refractivity contribution in [3.63, 3.8) is 0 Å². The van der Waals surface area contributed by atoms with Gasteiger partial charge in [-0.3, -0.25) is 0 Å². The van der Waals surface area contributed by atoms with Crippen LogP contribution < -0.4 is 5.32 Å². The van der Waals surface area contributed by atoms with Gasteiger partial charge in [-0.2, -0.15) is 4.91 Å². The standard InChI is InChI=1S/C6H12N2O2/c1-10-6-4-7-3-2-5(6)8-9/h5-7H,2-4H2,1H3. The molecule has 1 heterocycles. The van der Waals surface area contributed by atoms with Crippen molar-refractivity contribution in [2.75, 3.05) is 20.2 Å². The quantitative estimate of drug-likeness (QED) is 0.560. The molecule has 0 bridgehead atoms. The molecule has 1 N–H and O–H groups in total. The fourth-order valence-electron chi connectivity index (χ4n) is 1.18. The van der Waals surface area contributed by atoms with Crippen LogP contribution in [0, 0.1) is 4.91 Å². The lowest BCUT2D eigenvalue weighted by atomic mass is 10.1. The second-order valence-corrected chi connectivity index (χ2v) is 2.44. The van der Waals surface area contributed by atoms with Gasteiger partial charge in [-0.15, -0.1) is 0 Å². The van der Waals surface area contributed by atoms with Gasteiger partial charge in [0.1, 0.15) is 6.04 Å². The van der Waals surface area contributed by atoms with Gasteiger partial charge < -0.3 is 10.1 Å². The highest BCUT2D eigenvalue weighted by molar-refractivity contribution is 4.83. The van der Waals surface area contributed by atoms with Crippen LogP contribution in [-0.2, 0) is 4.74 Å². The molecular formula is C6H12N2O2. The Hall–Kier alpha value is -0.480. The molecule has 0 aliphatic carbocycles. The molecule has 10 heavy (non-hydrogen) atoms. The van der Waals surface area contributed by atoms with E-state index in [1.54, 1.807) is 7.11 Å².